The van der Waals surface area contributed by atoms with Gasteiger partial charge in [-0.25, -0.2) is 4.98 Å². The SMILES string of the molecule is Brc1cccc(NCc2cccc3cccnc23)n1. The van der Waals surface area contributed by atoms with Crippen molar-refractivity contribution in [2.45, 2.75) is 6.54 Å². The molecule has 94 valence electrons. The number of pyridine rings is 2. The number of halogens is 1. The number of benzene rings is 1. The molecule has 0 fully saturated rings. The smallest absolute Gasteiger partial charge is 0.127 e. The number of fused-ring (bicyclic) bond motifs is 1. The van der Waals surface area contributed by atoms with E-state index in [4.69, 9.17) is 0 Å². The Bertz CT molecular complexity index is 707. The van der Waals surface area contributed by atoms with Crippen LogP contribution in [0.1, 0.15) is 5.56 Å². The third-order valence-corrected chi connectivity index (χ3v) is 3.33. The molecule has 4 heteroatoms. The van der Waals surface area contributed by atoms with Gasteiger partial charge in [-0.3, -0.25) is 4.98 Å². The molecule has 0 aliphatic rings. The normalized spacial score (nSPS) is 10.6. The Hall–Kier alpha value is -1.94. The van der Waals surface area contributed by atoms with Crippen molar-refractivity contribution in [3.8, 4) is 0 Å². The van der Waals surface area contributed by atoms with Gasteiger partial charge in [0, 0.05) is 18.1 Å². The van der Waals surface area contributed by atoms with Crippen molar-refractivity contribution >= 4 is 32.7 Å². The third-order valence-electron chi connectivity index (χ3n) is 2.89. The number of anilines is 1. The van der Waals surface area contributed by atoms with Crippen LogP contribution in [0.2, 0.25) is 0 Å². The zero-order valence-corrected chi connectivity index (χ0v) is 11.8. The van der Waals surface area contributed by atoms with Crippen molar-refractivity contribution in [2.75, 3.05) is 5.32 Å². The van der Waals surface area contributed by atoms with Crippen LogP contribution in [0.4, 0.5) is 5.82 Å². The highest BCUT2D eigenvalue weighted by Gasteiger charge is 2.02. The van der Waals surface area contributed by atoms with Gasteiger partial charge in [0.1, 0.15) is 10.4 Å². The van der Waals surface area contributed by atoms with E-state index in [1.165, 1.54) is 5.56 Å². The van der Waals surface area contributed by atoms with Gasteiger partial charge in [-0.15, -0.1) is 0 Å². The lowest BCUT2D eigenvalue weighted by molar-refractivity contribution is 1.11. The maximum Gasteiger partial charge on any atom is 0.127 e. The zero-order chi connectivity index (χ0) is 13.1. The molecular formula is C15H12BrN3. The lowest BCUT2D eigenvalue weighted by atomic mass is 10.1. The van der Waals surface area contributed by atoms with Crippen LogP contribution in [0.15, 0.2) is 59.3 Å². The van der Waals surface area contributed by atoms with E-state index in [0.717, 1.165) is 21.3 Å². The molecule has 0 spiro atoms. The van der Waals surface area contributed by atoms with E-state index in [-0.39, 0.29) is 0 Å². The summed E-state index contributed by atoms with van der Waals surface area (Å²) < 4.78 is 0.827. The molecule has 0 unspecified atom stereocenters. The summed E-state index contributed by atoms with van der Waals surface area (Å²) in [4.78, 5) is 8.79. The number of rotatable bonds is 3. The second-order valence-corrected chi connectivity index (χ2v) is 5.00. The fourth-order valence-corrected chi connectivity index (χ4v) is 2.35. The first kappa shape index (κ1) is 12.1. The lowest BCUT2D eigenvalue weighted by Gasteiger charge is -2.08. The zero-order valence-electron chi connectivity index (χ0n) is 10.2. The van der Waals surface area contributed by atoms with E-state index in [1.807, 2.05) is 30.5 Å². The summed E-state index contributed by atoms with van der Waals surface area (Å²) in [5.74, 6) is 0.849. The average Bonchev–Trinajstić information content (AvgIpc) is 2.45. The summed E-state index contributed by atoms with van der Waals surface area (Å²) in [7, 11) is 0. The lowest BCUT2D eigenvalue weighted by Crippen LogP contribution is -2.02. The Balaban J connectivity index is 1.86. The van der Waals surface area contributed by atoms with Crippen molar-refractivity contribution in [1.29, 1.82) is 0 Å². The topological polar surface area (TPSA) is 37.8 Å². The van der Waals surface area contributed by atoms with Crippen molar-refractivity contribution in [3.05, 3.63) is 64.9 Å². The van der Waals surface area contributed by atoms with E-state index < -0.39 is 0 Å². The van der Waals surface area contributed by atoms with Crippen LogP contribution in [-0.4, -0.2) is 9.97 Å². The van der Waals surface area contributed by atoms with Gasteiger partial charge in [0.15, 0.2) is 0 Å². The monoisotopic (exact) mass is 313 g/mol. The Labute approximate surface area is 119 Å². The van der Waals surface area contributed by atoms with Gasteiger partial charge < -0.3 is 5.32 Å². The van der Waals surface area contributed by atoms with Gasteiger partial charge in [-0.05, 0) is 39.7 Å². The Morgan fingerprint density at radius 2 is 1.84 bits per heavy atom. The minimum absolute atomic E-state index is 0.706. The Morgan fingerprint density at radius 3 is 2.74 bits per heavy atom. The molecule has 2 aromatic heterocycles. The molecule has 2 heterocycles. The fraction of sp³-hybridized carbons (Fsp3) is 0.0667. The predicted molar refractivity (Wildman–Crippen MR) is 81.0 cm³/mol. The number of nitrogens with zero attached hydrogens (tertiary/aromatic N) is 2. The number of hydrogen-bond acceptors (Lipinski definition) is 3. The summed E-state index contributed by atoms with van der Waals surface area (Å²) in [5.41, 5.74) is 2.20. The first-order chi connectivity index (χ1) is 9.33. The standard InChI is InChI=1S/C15H12BrN3/c16-13-7-2-8-14(19-13)18-10-12-5-1-4-11-6-3-9-17-15(11)12/h1-9H,10H2,(H,18,19). The van der Waals surface area contributed by atoms with Crippen molar-refractivity contribution < 1.29 is 0 Å². The van der Waals surface area contributed by atoms with Gasteiger partial charge in [-0.2, -0.15) is 0 Å². The molecule has 3 rings (SSSR count). The highest BCUT2D eigenvalue weighted by atomic mass is 79.9. The molecule has 1 N–H and O–H groups in total. The highest BCUT2D eigenvalue weighted by Crippen LogP contribution is 2.17. The van der Waals surface area contributed by atoms with Crippen molar-refractivity contribution in [2.24, 2.45) is 0 Å². The molecule has 3 nitrogen and oxygen atoms in total. The second-order valence-electron chi connectivity index (χ2n) is 4.19. The van der Waals surface area contributed by atoms with Gasteiger partial charge in [0.25, 0.3) is 0 Å². The largest absolute Gasteiger partial charge is 0.366 e. The minimum Gasteiger partial charge on any atom is -0.366 e. The van der Waals surface area contributed by atoms with Crippen LogP contribution >= 0.6 is 15.9 Å². The second kappa shape index (κ2) is 5.36. The molecular weight excluding hydrogens is 302 g/mol. The molecule has 0 aliphatic heterocycles. The highest BCUT2D eigenvalue weighted by molar-refractivity contribution is 9.10. The van der Waals surface area contributed by atoms with Gasteiger partial charge in [-0.1, -0.05) is 30.3 Å². The fourth-order valence-electron chi connectivity index (χ4n) is 2.00. The summed E-state index contributed by atoms with van der Waals surface area (Å²) in [6.45, 7) is 0.706. The van der Waals surface area contributed by atoms with E-state index in [2.05, 4.69) is 55.5 Å². The Morgan fingerprint density at radius 1 is 1.00 bits per heavy atom. The first-order valence-electron chi connectivity index (χ1n) is 6.02. The molecule has 0 bridgehead atoms. The van der Waals surface area contributed by atoms with E-state index in [1.54, 1.807) is 0 Å². The molecule has 0 atom stereocenters. The van der Waals surface area contributed by atoms with Crippen molar-refractivity contribution in [3.63, 3.8) is 0 Å². The van der Waals surface area contributed by atoms with Crippen LogP contribution in [0.25, 0.3) is 10.9 Å². The summed E-state index contributed by atoms with van der Waals surface area (Å²) >= 11 is 3.36. The van der Waals surface area contributed by atoms with E-state index in [9.17, 15) is 0 Å². The maximum atomic E-state index is 4.44. The quantitative estimate of drug-likeness (QED) is 0.743. The van der Waals surface area contributed by atoms with Gasteiger partial charge >= 0.3 is 0 Å². The molecule has 0 radical (unpaired) electrons. The van der Waals surface area contributed by atoms with Crippen LogP contribution < -0.4 is 5.32 Å². The minimum atomic E-state index is 0.706. The summed E-state index contributed by atoms with van der Waals surface area (Å²) in [6.07, 6.45) is 1.82. The van der Waals surface area contributed by atoms with Crippen LogP contribution in [0.3, 0.4) is 0 Å². The molecule has 3 aromatic rings. The number of para-hydroxylation sites is 1. The molecule has 0 saturated carbocycles. The molecule has 0 aliphatic carbocycles. The van der Waals surface area contributed by atoms with Gasteiger partial charge in [0.05, 0.1) is 5.52 Å². The maximum absolute atomic E-state index is 4.44. The molecule has 1 aromatic carbocycles. The number of aromatic nitrogens is 2. The van der Waals surface area contributed by atoms with E-state index in [0.29, 0.717) is 6.54 Å². The van der Waals surface area contributed by atoms with Crippen LogP contribution in [0.5, 0.6) is 0 Å². The number of hydrogen-bond donors (Lipinski definition) is 1. The predicted octanol–water partition coefficient (Wildman–Crippen LogP) is 4.00. The van der Waals surface area contributed by atoms with Crippen LogP contribution in [-0.2, 0) is 6.54 Å². The van der Waals surface area contributed by atoms with Crippen molar-refractivity contribution in [1.82, 2.24) is 9.97 Å². The summed E-state index contributed by atoms with van der Waals surface area (Å²) in [5, 5.41) is 4.47. The average molecular weight is 314 g/mol. The van der Waals surface area contributed by atoms with Crippen LogP contribution in [0, 0.1) is 0 Å². The third kappa shape index (κ3) is 2.74. The van der Waals surface area contributed by atoms with E-state index >= 15 is 0 Å². The summed E-state index contributed by atoms with van der Waals surface area (Å²) in [6, 6.07) is 16.0. The van der Waals surface area contributed by atoms with Gasteiger partial charge in [0.2, 0.25) is 0 Å². The molecule has 19 heavy (non-hydrogen) atoms. The molecule has 0 amide bonds. The Kier molecular flexibility index (Phi) is 3.42. The number of nitrogens with one attached hydrogen (secondary N) is 1. The molecule has 0 saturated heterocycles. The first-order valence-corrected chi connectivity index (χ1v) is 6.81.